The van der Waals surface area contributed by atoms with Crippen molar-refractivity contribution in [3.63, 3.8) is 0 Å². The first kappa shape index (κ1) is 13.4. The summed E-state index contributed by atoms with van der Waals surface area (Å²) < 4.78 is 0. The zero-order valence-corrected chi connectivity index (χ0v) is 12.1. The summed E-state index contributed by atoms with van der Waals surface area (Å²) in [5, 5.41) is 4.92. The molecule has 0 bridgehead atoms. The van der Waals surface area contributed by atoms with E-state index in [4.69, 9.17) is 5.73 Å². The molecule has 3 heteroatoms. The van der Waals surface area contributed by atoms with Crippen LogP contribution in [0.5, 0.6) is 0 Å². The Labute approximate surface area is 120 Å². The molecule has 0 radical (unpaired) electrons. The van der Waals surface area contributed by atoms with Crippen LogP contribution in [-0.4, -0.2) is 17.1 Å². The second kappa shape index (κ2) is 5.41. The summed E-state index contributed by atoms with van der Waals surface area (Å²) in [6, 6.07) is 10.3. The van der Waals surface area contributed by atoms with Crippen molar-refractivity contribution in [3.8, 4) is 0 Å². The molecule has 2 aromatic rings. The maximum Gasteiger partial charge on any atom is 0.0722 e. The van der Waals surface area contributed by atoms with Crippen LogP contribution in [0, 0.1) is 5.92 Å². The van der Waals surface area contributed by atoms with E-state index in [9.17, 15) is 0 Å². The summed E-state index contributed by atoms with van der Waals surface area (Å²) in [6.45, 7) is 3.03. The van der Waals surface area contributed by atoms with Gasteiger partial charge >= 0.3 is 0 Å². The minimum absolute atomic E-state index is 0.0522. The third kappa shape index (κ3) is 2.50. The molecule has 1 aliphatic rings. The van der Waals surface area contributed by atoms with Crippen molar-refractivity contribution in [1.82, 2.24) is 4.98 Å². The quantitative estimate of drug-likeness (QED) is 0.896. The van der Waals surface area contributed by atoms with E-state index in [0.29, 0.717) is 6.54 Å². The first-order valence-corrected chi connectivity index (χ1v) is 7.54. The lowest BCUT2D eigenvalue weighted by atomic mass is 9.77. The summed E-state index contributed by atoms with van der Waals surface area (Å²) in [5.74, 6) is 0.825. The van der Waals surface area contributed by atoms with E-state index in [0.717, 1.165) is 30.0 Å². The van der Waals surface area contributed by atoms with Gasteiger partial charge in [-0.2, -0.15) is 0 Å². The number of benzene rings is 1. The molecule has 0 atom stereocenters. The molecule has 0 aliphatic heterocycles. The topological polar surface area (TPSA) is 50.9 Å². The van der Waals surface area contributed by atoms with Gasteiger partial charge in [0.25, 0.3) is 0 Å². The van der Waals surface area contributed by atoms with Gasteiger partial charge in [-0.25, -0.2) is 0 Å². The lowest BCUT2D eigenvalue weighted by Gasteiger charge is -2.40. The van der Waals surface area contributed by atoms with Crippen LogP contribution in [0.3, 0.4) is 0 Å². The first-order chi connectivity index (χ1) is 9.72. The van der Waals surface area contributed by atoms with Crippen LogP contribution in [0.25, 0.3) is 10.9 Å². The first-order valence-electron chi connectivity index (χ1n) is 7.54. The minimum Gasteiger partial charge on any atom is -0.378 e. The van der Waals surface area contributed by atoms with Crippen LogP contribution < -0.4 is 11.1 Å². The lowest BCUT2D eigenvalue weighted by molar-refractivity contribution is 0.272. The molecule has 0 spiro atoms. The SMILES string of the molecule is CC1CCC(CN)(Nc2ccnc3ccccc23)CC1. The number of hydrogen-bond donors (Lipinski definition) is 2. The molecule has 1 aliphatic carbocycles. The normalized spacial score (nSPS) is 26.6. The number of hydrogen-bond acceptors (Lipinski definition) is 3. The van der Waals surface area contributed by atoms with Gasteiger partial charge in [0, 0.05) is 29.4 Å². The number of nitrogens with zero attached hydrogens (tertiary/aromatic N) is 1. The highest BCUT2D eigenvalue weighted by Gasteiger charge is 2.33. The second-order valence-corrected chi connectivity index (χ2v) is 6.17. The molecule has 0 unspecified atom stereocenters. The van der Waals surface area contributed by atoms with E-state index in [-0.39, 0.29) is 5.54 Å². The molecule has 0 saturated heterocycles. The fourth-order valence-corrected chi connectivity index (χ4v) is 3.19. The Morgan fingerprint density at radius 3 is 2.75 bits per heavy atom. The zero-order valence-electron chi connectivity index (χ0n) is 12.1. The molecular weight excluding hydrogens is 246 g/mol. The van der Waals surface area contributed by atoms with Gasteiger partial charge in [0.1, 0.15) is 0 Å². The molecule has 20 heavy (non-hydrogen) atoms. The standard InChI is InChI=1S/C17H23N3/c1-13-6-9-17(12-18,10-7-13)20-16-8-11-19-15-5-3-2-4-14(15)16/h2-5,8,11,13H,6-7,9-10,12,18H2,1H3,(H,19,20). The number of nitrogens with one attached hydrogen (secondary N) is 1. The number of para-hydroxylation sites is 1. The summed E-state index contributed by atoms with van der Waals surface area (Å²) in [4.78, 5) is 4.42. The predicted octanol–water partition coefficient (Wildman–Crippen LogP) is 3.55. The maximum atomic E-state index is 6.10. The Morgan fingerprint density at radius 2 is 2.00 bits per heavy atom. The van der Waals surface area contributed by atoms with E-state index in [2.05, 4.69) is 41.5 Å². The average molecular weight is 269 g/mol. The number of rotatable bonds is 3. The third-order valence-corrected chi connectivity index (χ3v) is 4.67. The highest BCUT2D eigenvalue weighted by molar-refractivity contribution is 5.91. The largest absolute Gasteiger partial charge is 0.378 e. The number of pyridine rings is 1. The Morgan fingerprint density at radius 1 is 1.25 bits per heavy atom. The molecular formula is C17H23N3. The van der Waals surface area contributed by atoms with E-state index in [1.807, 2.05) is 12.3 Å². The van der Waals surface area contributed by atoms with Crippen LogP contribution in [0.1, 0.15) is 32.6 Å². The Bertz CT molecular complexity index is 580. The van der Waals surface area contributed by atoms with Gasteiger partial charge in [-0.1, -0.05) is 25.1 Å². The smallest absolute Gasteiger partial charge is 0.0722 e. The zero-order chi connectivity index (χ0) is 14.0. The van der Waals surface area contributed by atoms with Gasteiger partial charge in [-0.05, 0) is 43.7 Å². The van der Waals surface area contributed by atoms with E-state index in [1.165, 1.54) is 18.2 Å². The number of fused-ring (bicyclic) bond motifs is 1. The molecule has 3 nitrogen and oxygen atoms in total. The second-order valence-electron chi connectivity index (χ2n) is 6.17. The van der Waals surface area contributed by atoms with E-state index < -0.39 is 0 Å². The fourth-order valence-electron chi connectivity index (χ4n) is 3.19. The highest BCUT2D eigenvalue weighted by atomic mass is 15.0. The van der Waals surface area contributed by atoms with Crippen molar-refractivity contribution in [1.29, 1.82) is 0 Å². The van der Waals surface area contributed by atoms with Crippen molar-refractivity contribution in [3.05, 3.63) is 36.5 Å². The van der Waals surface area contributed by atoms with Gasteiger partial charge in [0.05, 0.1) is 5.52 Å². The Kier molecular flexibility index (Phi) is 3.62. The van der Waals surface area contributed by atoms with E-state index >= 15 is 0 Å². The molecule has 3 rings (SSSR count). The third-order valence-electron chi connectivity index (χ3n) is 4.67. The minimum atomic E-state index is 0.0522. The Hall–Kier alpha value is -1.61. The van der Waals surface area contributed by atoms with Crippen molar-refractivity contribution in [2.75, 3.05) is 11.9 Å². The number of aromatic nitrogens is 1. The van der Waals surface area contributed by atoms with Crippen LogP contribution in [-0.2, 0) is 0 Å². The van der Waals surface area contributed by atoms with Gasteiger partial charge in [0.15, 0.2) is 0 Å². The van der Waals surface area contributed by atoms with Crippen LogP contribution >= 0.6 is 0 Å². The monoisotopic (exact) mass is 269 g/mol. The molecule has 1 aromatic carbocycles. The lowest BCUT2D eigenvalue weighted by Crippen LogP contribution is -2.48. The van der Waals surface area contributed by atoms with Crippen LogP contribution in [0.4, 0.5) is 5.69 Å². The highest BCUT2D eigenvalue weighted by Crippen LogP contribution is 2.35. The molecule has 106 valence electrons. The summed E-state index contributed by atoms with van der Waals surface area (Å²) in [5.41, 5.74) is 8.35. The van der Waals surface area contributed by atoms with Crippen molar-refractivity contribution in [2.24, 2.45) is 11.7 Å². The van der Waals surface area contributed by atoms with Gasteiger partial charge < -0.3 is 11.1 Å². The van der Waals surface area contributed by atoms with Gasteiger partial charge in [-0.15, -0.1) is 0 Å². The number of nitrogens with two attached hydrogens (primary N) is 1. The molecule has 1 saturated carbocycles. The van der Waals surface area contributed by atoms with Crippen molar-refractivity contribution >= 4 is 16.6 Å². The fraction of sp³-hybridized carbons (Fsp3) is 0.471. The van der Waals surface area contributed by atoms with Gasteiger partial charge in [0.2, 0.25) is 0 Å². The van der Waals surface area contributed by atoms with Crippen molar-refractivity contribution in [2.45, 2.75) is 38.1 Å². The predicted molar refractivity (Wildman–Crippen MR) is 84.8 cm³/mol. The maximum absolute atomic E-state index is 6.10. The summed E-state index contributed by atoms with van der Waals surface area (Å²) in [7, 11) is 0. The number of anilines is 1. The van der Waals surface area contributed by atoms with Crippen LogP contribution in [0.2, 0.25) is 0 Å². The summed E-state index contributed by atoms with van der Waals surface area (Å²) in [6.07, 6.45) is 6.70. The molecule has 3 N–H and O–H groups in total. The summed E-state index contributed by atoms with van der Waals surface area (Å²) >= 11 is 0. The Balaban J connectivity index is 1.91. The average Bonchev–Trinajstić information content (AvgIpc) is 2.50. The molecule has 1 fully saturated rings. The molecule has 0 amide bonds. The molecule has 1 aromatic heterocycles. The van der Waals surface area contributed by atoms with Gasteiger partial charge in [-0.3, -0.25) is 4.98 Å². The molecule has 1 heterocycles. The van der Waals surface area contributed by atoms with E-state index in [1.54, 1.807) is 0 Å². The van der Waals surface area contributed by atoms with Crippen LogP contribution in [0.15, 0.2) is 36.5 Å². The van der Waals surface area contributed by atoms with Crippen molar-refractivity contribution < 1.29 is 0 Å².